The second-order valence-electron chi connectivity index (χ2n) is 3.84. The van der Waals surface area contributed by atoms with Gasteiger partial charge in [-0.25, -0.2) is 4.39 Å². The highest BCUT2D eigenvalue weighted by Crippen LogP contribution is 2.18. The van der Waals surface area contributed by atoms with Gasteiger partial charge in [-0.05, 0) is 37.6 Å². The SMILES string of the molecule is CNCc1ccc(OCCCCOC)c(F)c1. The van der Waals surface area contributed by atoms with Crippen LogP contribution in [-0.2, 0) is 11.3 Å². The van der Waals surface area contributed by atoms with E-state index in [0.29, 0.717) is 25.5 Å². The quantitative estimate of drug-likeness (QED) is 0.709. The van der Waals surface area contributed by atoms with Crippen LogP contribution in [0.4, 0.5) is 4.39 Å². The Kier molecular flexibility index (Phi) is 6.58. The van der Waals surface area contributed by atoms with E-state index in [4.69, 9.17) is 9.47 Å². The minimum Gasteiger partial charge on any atom is -0.491 e. The zero-order valence-corrected chi connectivity index (χ0v) is 10.5. The van der Waals surface area contributed by atoms with Gasteiger partial charge in [-0.15, -0.1) is 0 Å². The molecule has 4 heteroatoms. The molecule has 0 bridgehead atoms. The van der Waals surface area contributed by atoms with Crippen LogP contribution < -0.4 is 10.1 Å². The highest BCUT2D eigenvalue weighted by atomic mass is 19.1. The Bertz CT molecular complexity index is 331. The van der Waals surface area contributed by atoms with Crippen LogP contribution in [0, 0.1) is 5.82 Å². The van der Waals surface area contributed by atoms with Crippen LogP contribution >= 0.6 is 0 Å². The summed E-state index contributed by atoms with van der Waals surface area (Å²) in [5.74, 6) is 0.0201. The van der Waals surface area contributed by atoms with Gasteiger partial charge in [0.05, 0.1) is 6.61 Å². The van der Waals surface area contributed by atoms with E-state index in [1.165, 1.54) is 6.07 Å². The van der Waals surface area contributed by atoms with Gasteiger partial charge < -0.3 is 14.8 Å². The molecule has 0 fully saturated rings. The molecular formula is C13H20FNO2. The summed E-state index contributed by atoms with van der Waals surface area (Å²) < 4.78 is 23.9. The van der Waals surface area contributed by atoms with Crippen molar-refractivity contribution in [3.63, 3.8) is 0 Å². The lowest BCUT2D eigenvalue weighted by molar-refractivity contribution is 0.183. The Morgan fingerprint density at radius 2 is 2.00 bits per heavy atom. The Morgan fingerprint density at radius 1 is 1.24 bits per heavy atom. The van der Waals surface area contributed by atoms with E-state index in [2.05, 4.69) is 5.32 Å². The molecule has 1 aromatic carbocycles. The molecule has 3 nitrogen and oxygen atoms in total. The van der Waals surface area contributed by atoms with E-state index in [0.717, 1.165) is 18.4 Å². The van der Waals surface area contributed by atoms with Crippen molar-refractivity contribution in [1.29, 1.82) is 0 Å². The van der Waals surface area contributed by atoms with Crippen LogP contribution in [0.15, 0.2) is 18.2 Å². The van der Waals surface area contributed by atoms with Crippen molar-refractivity contribution >= 4 is 0 Å². The first-order valence-electron chi connectivity index (χ1n) is 5.82. The lowest BCUT2D eigenvalue weighted by Gasteiger charge is -2.08. The van der Waals surface area contributed by atoms with E-state index >= 15 is 0 Å². The van der Waals surface area contributed by atoms with Crippen molar-refractivity contribution in [3.05, 3.63) is 29.6 Å². The number of unbranched alkanes of at least 4 members (excludes halogenated alkanes) is 1. The number of halogens is 1. The number of nitrogens with one attached hydrogen (secondary N) is 1. The Morgan fingerprint density at radius 3 is 2.65 bits per heavy atom. The van der Waals surface area contributed by atoms with Gasteiger partial charge in [0.25, 0.3) is 0 Å². The van der Waals surface area contributed by atoms with Crippen molar-refractivity contribution < 1.29 is 13.9 Å². The molecule has 0 aliphatic heterocycles. The molecule has 0 aliphatic rings. The summed E-state index contributed by atoms with van der Waals surface area (Å²) in [6, 6.07) is 5.05. The highest BCUT2D eigenvalue weighted by Gasteiger charge is 2.04. The molecule has 1 rings (SSSR count). The normalized spacial score (nSPS) is 10.5. The van der Waals surface area contributed by atoms with Crippen molar-refractivity contribution in [3.8, 4) is 5.75 Å². The minimum atomic E-state index is -0.301. The maximum Gasteiger partial charge on any atom is 0.165 e. The number of hydrogen-bond donors (Lipinski definition) is 1. The summed E-state index contributed by atoms with van der Waals surface area (Å²) in [4.78, 5) is 0. The van der Waals surface area contributed by atoms with Gasteiger partial charge in [-0.2, -0.15) is 0 Å². The average molecular weight is 241 g/mol. The van der Waals surface area contributed by atoms with Gasteiger partial charge >= 0.3 is 0 Å². The van der Waals surface area contributed by atoms with Crippen LogP contribution in [0.2, 0.25) is 0 Å². The molecule has 1 aromatic rings. The molecule has 0 saturated heterocycles. The maximum absolute atomic E-state index is 13.6. The molecular weight excluding hydrogens is 221 g/mol. The number of hydrogen-bond acceptors (Lipinski definition) is 3. The van der Waals surface area contributed by atoms with E-state index in [9.17, 15) is 4.39 Å². The monoisotopic (exact) mass is 241 g/mol. The van der Waals surface area contributed by atoms with E-state index in [-0.39, 0.29) is 5.82 Å². The summed E-state index contributed by atoms with van der Waals surface area (Å²) in [5.41, 5.74) is 0.914. The Labute approximate surface area is 102 Å². The number of methoxy groups -OCH3 is 1. The molecule has 0 aromatic heterocycles. The topological polar surface area (TPSA) is 30.5 Å². The first-order chi connectivity index (χ1) is 8.27. The fourth-order valence-electron chi connectivity index (χ4n) is 1.51. The molecule has 96 valence electrons. The van der Waals surface area contributed by atoms with Crippen LogP contribution in [0.5, 0.6) is 5.75 Å². The number of rotatable bonds is 8. The van der Waals surface area contributed by atoms with Crippen molar-refractivity contribution in [2.45, 2.75) is 19.4 Å². The van der Waals surface area contributed by atoms with E-state index in [1.807, 2.05) is 13.1 Å². The highest BCUT2D eigenvalue weighted by molar-refractivity contribution is 5.29. The van der Waals surface area contributed by atoms with Gasteiger partial charge in [0, 0.05) is 20.3 Å². The fraction of sp³-hybridized carbons (Fsp3) is 0.538. The van der Waals surface area contributed by atoms with Gasteiger partial charge in [0.1, 0.15) is 0 Å². The van der Waals surface area contributed by atoms with Crippen molar-refractivity contribution in [1.82, 2.24) is 5.32 Å². The third-order valence-electron chi connectivity index (χ3n) is 2.38. The molecule has 1 N–H and O–H groups in total. The molecule has 0 heterocycles. The molecule has 0 atom stereocenters. The Balaban J connectivity index is 2.38. The zero-order chi connectivity index (χ0) is 12.5. The van der Waals surface area contributed by atoms with Crippen LogP contribution in [-0.4, -0.2) is 27.4 Å². The predicted octanol–water partition coefficient (Wildman–Crippen LogP) is 2.35. The molecule has 0 unspecified atom stereocenters. The summed E-state index contributed by atoms with van der Waals surface area (Å²) in [6.07, 6.45) is 1.79. The van der Waals surface area contributed by atoms with Crippen LogP contribution in [0.25, 0.3) is 0 Å². The molecule has 0 spiro atoms. The van der Waals surface area contributed by atoms with Gasteiger partial charge in [0.15, 0.2) is 11.6 Å². The number of benzene rings is 1. The van der Waals surface area contributed by atoms with Gasteiger partial charge in [0.2, 0.25) is 0 Å². The first kappa shape index (κ1) is 13.9. The predicted molar refractivity (Wildman–Crippen MR) is 65.8 cm³/mol. The molecule has 17 heavy (non-hydrogen) atoms. The fourth-order valence-corrected chi connectivity index (χ4v) is 1.51. The second-order valence-corrected chi connectivity index (χ2v) is 3.84. The summed E-state index contributed by atoms with van der Waals surface area (Å²) >= 11 is 0. The largest absolute Gasteiger partial charge is 0.491 e. The standard InChI is InChI=1S/C13H20FNO2/c1-15-10-11-5-6-13(12(14)9-11)17-8-4-3-7-16-2/h5-6,9,15H,3-4,7-8,10H2,1-2H3. The second kappa shape index (κ2) is 8.03. The smallest absolute Gasteiger partial charge is 0.165 e. The lowest BCUT2D eigenvalue weighted by atomic mass is 10.2. The van der Waals surface area contributed by atoms with Crippen molar-refractivity contribution in [2.24, 2.45) is 0 Å². The summed E-state index contributed by atoms with van der Waals surface area (Å²) in [7, 11) is 3.50. The first-order valence-corrected chi connectivity index (χ1v) is 5.82. The molecule has 0 aliphatic carbocycles. The van der Waals surface area contributed by atoms with Crippen LogP contribution in [0.3, 0.4) is 0 Å². The third kappa shape index (κ3) is 5.15. The molecule has 0 radical (unpaired) electrons. The zero-order valence-electron chi connectivity index (χ0n) is 10.5. The van der Waals surface area contributed by atoms with Crippen LogP contribution in [0.1, 0.15) is 18.4 Å². The molecule has 0 saturated carbocycles. The van der Waals surface area contributed by atoms with E-state index < -0.39 is 0 Å². The lowest BCUT2D eigenvalue weighted by Crippen LogP contribution is -2.06. The maximum atomic E-state index is 13.6. The summed E-state index contributed by atoms with van der Waals surface area (Å²) in [6.45, 7) is 1.89. The Hall–Kier alpha value is -1.13. The van der Waals surface area contributed by atoms with Gasteiger partial charge in [-0.3, -0.25) is 0 Å². The van der Waals surface area contributed by atoms with Gasteiger partial charge in [-0.1, -0.05) is 6.07 Å². The average Bonchev–Trinajstić information content (AvgIpc) is 2.32. The molecule has 0 amide bonds. The third-order valence-corrected chi connectivity index (χ3v) is 2.38. The van der Waals surface area contributed by atoms with E-state index in [1.54, 1.807) is 13.2 Å². The minimum absolute atomic E-state index is 0.301. The number of ether oxygens (including phenoxy) is 2. The van der Waals surface area contributed by atoms with Crippen molar-refractivity contribution in [2.75, 3.05) is 27.4 Å². The summed E-state index contributed by atoms with van der Waals surface area (Å²) in [5, 5.41) is 2.98.